The number of esters is 3. The van der Waals surface area contributed by atoms with Gasteiger partial charge in [0.25, 0.3) is 0 Å². The van der Waals surface area contributed by atoms with Crippen molar-refractivity contribution in [3.05, 3.63) is 132 Å². The van der Waals surface area contributed by atoms with Gasteiger partial charge >= 0.3 is 17.9 Å². The highest BCUT2D eigenvalue weighted by atomic mass is 16.7. The first-order valence-corrected chi connectivity index (χ1v) is 13.8. The molecule has 1 saturated heterocycles. The van der Waals surface area contributed by atoms with E-state index in [1.807, 2.05) is 0 Å². The molecule has 226 valence electrons. The highest BCUT2D eigenvalue weighted by molar-refractivity contribution is 5.90. The fraction of sp³-hybridized carbons (Fsp3) is 0.206. The standard InChI is InChI=1S/C34H30O10/c1-39-25-17-19-26(20-18-25)41-34-30(44-33(38)24-15-9-4-10-16-24)29(43-32(37)23-13-7-3-8-14-23)28(35)27(42-34)21-40-31(36)22-11-5-2-6-12-22/h2-20,27-30,34-35H,21H2,1H3/t27-,28-,29+,30-,34-/m1/s1. The molecule has 1 N–H and O–H groups in total. The van der Waals surface area contributed by atoms with Crippen molar-refractivity contribution in [2.45, 2.75) is 30.7 Å². The topological polar surface area (TPSA) is 127 Å². The maximum Gasteiger partial charge on any atom is 0.338 e. The van der Waals surface area contributed by atoms with Crippen LogP contribution < -0.4 is 9.47 Å². The van der Waals surface area contributed by atoms with Crippen molar-refractivity contribution in [2.24, 2.45) is 0 Å². The quantitative estimate of drug-likeness (QED) is 0.206. The molecule has 0 bridgehead atoms. The number of rotatable bonds is 10. The minimum Gasteiger partial charge on any atom is -0.497 e. The van der Waals surface area contributed by atoms with Crippen molar-refractivity contribution in [2.75, 3.05) is 13.7 Å². The smallest absolute Gasteiger partial charge is 0.338 e. The second-order valence-corrected chi connectivity index (χ2v) is 9.76. The number of carbonyl (C=O) groups excluding carboxylic acids is 3. The van der Waals surface area contributed by atoms with Gasteiger partial charge in [0, 0.05) is 0 Å². The Morgan fingerprint density at radius 3 is 1.59 bits per heavy atom. The van der Waals surface area contributed by atoms with Crippen LogP contribution in [0.2, 0.25) is 0 Å². The molecule has 1 aliphatic heterocycles. The molecule has 0 radical (unpaired) electrons. The van der Waals surface area contributed by atoms with E-state index in [1.165, 1.54) is 7.11 Å². The van der Waals surface area contributed by atoms with Crippen LogP contribution in [0.5, 0.6) is 11.5 Å². The Kier molecular flexibility index (Phi) is 9.85. The Bertz CT molecular complexity index is 1530. The Morgan fingerprint density at radius 2 is 1.09 bits per heavy atom. The molecule has 5 rings (SSSR count). The second kappa shape index (κ2) is 14.3. The molecule has 0 unspecified atom stereocenters. The number of benzene rings is 4. The highest BCUT2D eigenvalue weighted by Crippen LogP contribution is 2.31. The average molecular weight is 599 g/mol. The summed E-state index contributed by atoms with van der Waals surface area (Å²) in [7, 11) is 1.52. The van der Waals surface area contributed by atoms with Crippen molar-refractivity contribution in [1.82, 2.24) is 0 Å². The molecular weight excluding hydrogens is 568 g/mol. The van der Waals surface area contributed by atoms with Crippen LogP contribution in [0.4, 0.5) is 0 Å². The van der Waals surface area contributed by atoms with E-state index in [-0.39, 0.29) is 11.1 Å². The number of hydrogen-bond acceptors (Lipinski definition) is 10. The summed E-state index contributed by atoms with van der Waals surface area (Å²) >= 11 is 0. The molecule has 0 aliphatic carbocycles. The summed E-state index contributed by atoms with van der Waals surface area (Å²) in [5, 5.41) is 11.5. The van der Waals surface area contributed by atoms with Crippen molar-refractivity contribution >= 4 is 17.9 Å². The third-order valence-electron chi connectivity index (χ3n) is 6.82. The van der Waals surface area contributed by atoms with E-state index < -0.39 is 55.2 Å². The molecule has 1 heterocycles. The highest BCUT2D eigenvalue weighted by Gasteiger charge is 2.51. The summed E-state index contributed by atoms with van der Waals surface area (Å²) < 4.78 is 34.4. The predicted molar refractivity (Wildman–Crippen MR) is 156 cm³/mol. The first-order valence-electron chi connectivity index (χ1n) is 13.8. The lowest BCUT2D eigenvalue weighted by atomic mass is 9.98. The molecule has 4 aromatic rings. The zero-order valence-electron chi connectivity index (χ0n) is 23.7. The van der Waals surface area contributed by atoms with Gasteiger partial charge in [0.05, 0.1) is 23.8 Å². The molecule has 0 aromatic heterocycles. The molecular formula is C34H30O10. The molecule has 1 aliphatic rings. The molecule has 0 saturated carbocycles. The van der Waals surface area contributed by atoms with Crippen LogP contribution in [0.3, 0.4) is 0 Å². The summed E-state index contributed by atoms with van der Waals surface area (Å²) in [6.07, 6.45) is -7.13. The lowest BCUT2D eigenvalue weighted by Crippen LogP contribution is -2.62. The lowest BCUT2D eigenvalue weighted by molar-refractivity contribution is -0.276. The maximum atomic E-state index is 13.2. The van der Waals surface area contributed by atoms with Crippen LogP contribution in [0.25, 0.3) is 0 Å². The van der Waals surface area contributed by atoms with Gasteiger partial charge in [-0.2, -0.15) is 0 Å². The monoisotopic (exact) mass is 598 g/mol. The van der Waals surface area contributed by atoms with Crippen LogP contribution in [0.1, 0.15) is 31.1 Å². The van der Waals surface area contributed by atoms with E-state index in [0.29, 0.717) is 17.1 Å². The van der Waals surface area contributed by atoms with Crippen molar-refractivity contribution in [3.63, 3.8) is 0 Å². The van der Waals surface area contributed by atoms with Gasteiger partial charge in [0.2, 0.25) is 12.4 Å². The van der Waals surface area contributed by atoms with Gasteiger partial charge in [-0.05, 0) is 60.7 Å². The van der Waals surface area contributed by atoms with Gasteiger partial charge in [0.1, 0.15) is 30.3 Å². The first-order chi connectivity index (χ1) is 21.4. The molecule has 0 amide bonds. The Morgan fingerprint density at radius 1 is 0.636 bits per heavy atom. The number of aliphatic hydroxyl groups is 1. The number of hydrogen-bond donors (Lipinski definition) is 1. The zero-order chi connectivity index (χ0) is 30.9. The Balaban J connectivity index is 1.46. The molecule has 1 fully saturated rings. The predicted octanol–water partition coefficient (Wildman–Crippen LogP) is 4.47. The summed E-state index contributed by atoms with van der Waals surface area (Å²) in [6.45, 7) is -0.421. The minimum absolute atomic E-state index is 0.207. The van der Waals surface area contributed by atoms with E-state index in [1.54, 1.807) is 115 Å². The van der Waals surface area contributed by atoms with Crippen molar-refractivity contribution in [1.29, 1.82) is 0 Å². The summed E-state index contributed by atoms with van der Waals surface area (Å²) in [4.78, 5) is 39.1. The van der Waals surface area contributed by atoms with Crippen molar-refractivity contribution in [3.8, 4) is 11.5 Å². The van der Waals surface area contributed by atoms with E-state index in [9.17, 15) is 19.5 Å². The minimum atomic E-state index is -1.59. The molecule has 4 aromatic carbocycles. The molecule has 10 heteroatoms. The van der Waals surface area contributed by atoms with Crippen LogP contribution in [-0.2, 0) is 18.9 Å². The summed E-state index contributed by atoms with van der Waals surface area (Å²) in [5.41, 5.74) is 0.724. The molecule has 0 spiro atoms. The first kappa shape index (κ1) is 30.3. The second-order valence-electron chi connectivity index (χ2n) is 9.76. The van der Waals surface area contributed by atoms with Crippen LogP contribution >= 0.6 is 0 Å². The van der Waals surface area contributed by atoms with Crippen LogP contribution in [-0.4, -0.2) is 67.4 Å². The van der Waals surface area contributed by atoms with E-state index in [2.05, 4.69) is 0 Å². The van der Waals surface area contributed by atoms with Crippen LogP contribution in [0.15, 0.2) is 115 Å². The van der Waals surface area contributed by atoms with Gasteiger partial charge in [0.15, 0.2) is 6.10 Å². The summed E-state index contributed by atoms with van der Waals surface area (Å²) in [5.74, 6) is -1.31. The molecule has 10 nitrogen and oxygen atoms in total. The Hall–Kier alpha value is -5.19. The fourth-order valence-electron chi connectivity index (χ4n) is 4.52. The van der Waals surface area contributed by atoms with E-state index in [4.69, 9.17) is 28.4 Å². The number of methoxy groups -OCH3 is 1. The lowest BCUT2D eigenvalue weighted by Gasteiger charge is -2.43. The van der Waals surface area contributed by atoms with E-state index in [0.717, 1.165) is 0 Å². The molecule has 5 atom stereocenters. The van der Waals surface area contributed by atoms with Gasteiger partial charge in [-0.25, -0.2) is 14.4 Å². The van der Waals surface area contributed by atoms with Gasteiger partial charge in [-0.1, -0.05) is 54.6 Å². The fourth-order valence-corrected chi connectivity index (χ4v) is 4.52. The average Bonchev–Trinajstić information content (AvgIpc) is 3.08. The van der Waals surface area contributed by atoms with Crippen molar-refractivity contribution < 1.29 is 47.9 Å². The Labute approximate surface area is 253 Å². The van der Waals surface area contributed by atoms with Gasteiger partial charge in [-0.3, -0.25) is 0 Å². The molecule has 44 heavy (non-hydrogen) atoms. The third-order valence-corrected chi connectivity index (χ3v) is 6.82. The number of carbonyl (C=O) groups is 3. The maximum absolute atomic E-state index is 13.2. The number of aliphatic hydroxyl groups excluding tert-OH is 1. The third kappa shape index (κ3) is 7.41. The zero-order valence-corrected chi connectivity index (χ0v) is 23.7. The van der Waals surface area contributed by atoms with Gasteiger partial charge < -0.3 is 33.5 Å². The largest absolute Gasteiger partial charge is 0.497 e. The normalized spacial score (nSPS) is 21.0. The summed E-state index contributed by atoms with van der Waals surface area (Å²) in [6, 6.07) is 31.2. The van der Waals surface area contributed by atoms with Crippen LogP contribution in [0, 0.1) is 0 Å². The van der Waals surface area contributed by atoms with Gasteiger partial charge in [-0.15, -0.1) is 0 Å². The SMILES string of the molecule is COc1ccc(O[C@@H]2O[C@H](COC(=O)c3ccccc3)[C@@H](O)[C@H](OC(=O)c3ccccc3)[C@H]2OC(=O)c2ccccc2)cc1. The number of ether oxygens (including phenoxy) is 6. The van der Waals surface area contributed by atoms with E-state index >= 15 is 0 Å².